The summed E-state index contributed by atoms with van der Waals surface area (Å²) in [6.45, 7) is 2.01. The summed E-state index contributed by atoms with van der Waals surface area (Å²) in [4.78, 5) is 22.1. The number of nitrogens with two attached hydrogens (primary N) is 1. The van der Waals surface area contributed by atoms with E-state index in [-0.39, 0.29) is 19.6 Å². The average Bonchev–Trinajstić information content (AvgIpc) is 2.91. The van der Waals surface area contributed by atoms with Crippen molar-refractivity contribution in [2.75, 3.05) is 13.2 Å². The first-order valence-electron chi connectivity index (χ1n) is 6.78. The molecule has 0 aromatic carbocycles. The number of carbonyl (C=O) groups is 2. The second-order valence-corrected chi connectivity index (χ2v) is 7.66. The van der Waals surface area contributed by atoms with Crippen LogP contribution in [0.4, 0.5) is 0 Å². The second-order valence-electron chi connectivity index (χ2n) is 5.91. The predicted octanol–water partition coefficient (Wildman–Crippen LogP) is -1.55. The van der Waals surface area contributed by atoms with Gasteiger partial charge in [-0.05, 0) is 0 Å². The lowest BCUT2D eigenvalue weighted by atomic mass is 9.76. The Balaban J connectivity index is 1.94. The molecule has 3 fully saturated rings. The Kier molecular flexibility index (Phi) is 3.30. The first kappa shape index (κ1) is 15.7. The molecule has 2 bridgehead atoms. The van der Waals surface area contributed by atoms with E-state index < -0.39 is 50.7 Å². The molecular formula is C12H17NO8S. The highest BCUT2D eigenvalue weighted by Gasteiger charge is 2.80. The van der Waals surface area contributed by atoms with Gasteiger partial charge in [0.05, 0.1) is 6.04 Å². The summed E-state index contributed by atoms with van der Waals surface area (Å²) >= 11 is 0. The van der Waals surface area contributed by atoms with E-state index in [0.29, 0.717) is 0 Å². The maximum Gasteiger partial charge on any atom is 0.302 e. The minimum atomic E-state index is -3.88. The van der Waals surface area contributed by atoms with Gasteiger partial charge in [-0.3, -0.25) is 13.8 Å². The van der Waals surface area contributed by atoms with Crippen LogP contribution in [-0.4, -0.2) is 62.2 Å². The third-order valence-electron chi connectivity index (χ3n) is 4.49. The molecule has 0 radical (unpaired) electrons. The van der Waals surface area contributed by atoms with Gasteiger partial charge in [0.2, 0.25) is 0 Å². The summed E-state index contributed by atoms with van der Waals surface area (Å²) in [6, 6.07) is -0.809. The molecule has 0 aromatic heterocycles. The lowest BCUT2D eigenvalue weighted by molar-refractivity contribution is -0.161. The van der Waals surface area contributed by atoms with Crippen LogP contribution < -0.4 is 5.73 Å². The minimum Gasteiger partial charge on any atom is -0.463 e. The Labute approximate surface area is 127 Å². The monoisotopic (exact) mass is 335 g/mol. The van der Waals surface area contributed by atoms with Gasteiger partial charge in [0.1, 0.15) is 30.2 Å². The van der Waals surface area contributed by atoms with Crippen molar-refractivity contribution in [1.82, 2.24) is 0 Å². The van der Waals surface area contributed by atoms with Gasteiger partial charge in [-0.2, -0.15) is 8.42 Å². The van der Waals surface area contributed by atoms with Gasteiger partial charge in [-0.15, -0.1) is 0 Å². The number of ether oxygens (including phenoxy) is 3. The van der Waals surface area contributed by atoms with Crippen LogP contribution in [0.3, 0.4) is 0 Å². The van der Waals surface area contributed by atoms with E-state index in [1.165, 1.54) is 13.8 Å². The SMILES string of the molecule is CC(=O)OCC12CC3C(COC(C)=O)(O1)C(OS3(=O)=O)C2N. The summed E-state index contributed by atoms with van der Waals surface area (Å²) in [5.41, 5.74) is 3.60. The molecule has 2 N–H and O–H groups in total. The Morgan fingerprint density at radius 2 is 1.82 bits per heavy atom. The van der Waals surface area contributed by atoms with E-state index in [0.717, 1.165) is 0 Å². The van der Waals surface area contributed by atoms with E-state index in [1.54, 1.807) is 0 Å². The minimum absolute atomic E-state index is 0.0293. The Morgan fingerprint density at radius 3 is 2.41 bits per heavy atom. The fourth-order valence-corrected chi connectivity index (χ4v) is 5.46. The lowest BCUT2D eigenvalue weighted by Crippen LogP contribution is -2.58. The van der Waals surface area contributed by atoms with Crippen LogP contribution in [0.15, 0.2) is 0 Å². The first-order valence-corrected chi connectivity index (χ1v) is 8.25. The molecular weight excluding hydrogens is 318 g/mol. The van der Waals surface area contributed by atoms with Crippen LogP contribution >= 0.6 is 0 Å². The van der Waals surface area contributed by atoms with Crippen molar-refractivity contribution in [3.63, 3.8) is 0 Å². The van der Waals surface area contributed by atoms with Gasteiger partial charge in [-0.1, -0.05) is 0 Å². The molecule has 0 spiro atoms. The van der Waals surface area contributed by atoms with Crippen molar-refractivity contribution in [2.24, 2.45) is 5.73 Å². The predicted molar refractivity (Wildman–Crippen MR) is 70.0 cm³/mol. The molecule has 3 aliphatic rings. The number of esters is 2. The molecule has 10 heteroatoms. The van der Waals surface area contributed by atoms with Gasteiger partial charge in [0.15, 0.2) is 5.60 Å². The fourth-order valence-electron chi connectivity index (χ4n) is 3.52. The van der Waals surface area contributed by atoms with E-state index >= 15 is 0 Å². The molecule has 124 valence electrons. The molecule has 3 heterocycles. The molecule has 22 heavy (non-hydrogen) atoms. The number of fused-ring (bicyclic) bond motifs is 1. The molecule has 0 amide bonds. The molecule has 3 rings (SSSR count). The molecule has 0 aliphatic carbocycles. The third kappa shape index (κ3) is 1.98. The Bertz CT molecular complexity index is 633. The molecule has 0 saturated carbocycles. The highest BCUT2D eigenvalue weighted by atomic mass is 32.2. The van der Waals surface area contributed by atoms with E-state index in [4.69, 9.17) is 24.1 Å². The van der Waals surface area contributed by atoms with Crippen molar-refractivity contribution in [3.8, 4) is 0 Å². The van der Waals surface area contributed by atoms with Crippen molar-refractivity contribution < 1.29 is 36.4 Å². The van der Waals surface area contributed by atoms with E-state index in [1.807, 2.05) is 0 Å². The van der Waals surface area contributed by atoms with Crippen LogP contribution in [0, 0.1) is 0 Å². The highest BCUT2D eigenvalue weighted by Crippen LogP contribution is 2.58. The third-order valence-corrected chi connectivity index (χ3v) is 6.23. The standard InChI is InChI=1S/C12H17NO8S/c1-6(14)18-4-11-3-8-12(21-11,5-19-7(2)15)10(9(11)13)20-22(8,16)17/h8-10H,3-5,13H2,1-2H3. The quantitative estimate of drug-likeness (QED) is 0.479. The highest BCUT2D eigenvalue weighted by molar-refractivity contribution is 7.87. The largest absolute Gasteiger partial charge is 0.463 e. The number of hydrogen-bond acceptors (Lipinski definition) is 9. The number of rotatable bonds is 4. The molecule has 3 aliphatic heterocycles. The molecule has 5 atom stereocenters. The number of carbonyl (C=O) groups excluding carboxylic acids is 2. The summed E-state index contributed by atoms with van der Waals surface area (Å²) in [5.74, 6) is -1.08. The maximum absolute atomic E-state index is 12.2. The molecule has 0 aromatic rings. The molecule has 9 nitrogen and oxygen atoms in total. The van der Waals surface area contributed by atoms with Gasteiger partial charge in [0.25, 0.3) is 10.1 Å². The molecule has 3 saturated heterocycles. The Hall–Kier alpha value is -1.23. The van der Waals surface area contributed by atoms with E-state index in [9.17, 15) is 18.0 Å². The zero-order valence-corrected chi connectivity index (χ0v) is 12.9. The van der Waals surface area contributed by atoms with Crippen LogP contribution in [0.25, 0.3) is 0 Å². The zero-order chi connectivity index (χ0) is 16.3. The average molecular weight is 335 g/mol. The number of hydrogen-bond donors (Lipinski definition) is 1. The van der Waals surface area contributed by atoms with Crippen LogP contribution in [-0.2, 0) is 38.1 Å². The van der Waals surface area contributed by atoms with Crippen molar-refractivity contribution in [2.45, 2.75) is 48.9 Å². The second kappa shape index (κ2) is 4.63. The molecule has 5 unspecified atom stereocenters. The zero-order valence-electron chi connectivity index (χ0n) is 12.1. The van der Waals surface area contributed by atoms with E-state index in [2.05, 4.69) is 0 Å². The topological polar surface area (TPSA) is 131 Å². The summed E-state index contributed by atoms with van der Waals surface area (Å²) in [7, 11) is -3.88. The van der Waals surface area contributed by atoms with Gasteiger partial charge >= 0.3 is 11.9 Å². The van der Waals surface area contributed by atoms with Crippen LogP contribution in [0.5, 0.6) is 0 Å². The van der Waals surface area contributed by atoms with Gasteiger partial charge < -0.3 is 19.9 Å². The summed E-state index contributed by atoms with van der Waals surface area (Å²) in [6.07, 6.45) is -0.937. The van der Waals surface area contributed by atoms with Crippen molar-refractivity contribution >= 4 is 22.1 Å². The van der Waals surface area contributed by atoms with Gasteiger partial charge in [-0.25, -0.2) is 0 Å². The normalized spacial score (nSPS) is 44.0. The summed E-state index contributed by atoms with van der Waals surface area (Å²) < 4.78 is 45.2. The maximum atomic E-state index is 12.2. The van der Waals surface area contributed by atoms with Crippen molar-refractivity contribution in [3.05, 3.63) is 0 Å². The summed E-state index contributed by atoms with van der Waals surface area (Å²) in [5, 5.41) is -1.00. The Morgan fingerprint density at radius 1 is 1.23 bits per heavy atom. The lowest BCUT2D eigenvalue weighted by Gasteiger charge is -2.31. The fraction of sp³-hybridized carbons (Fsp3) is 0.833. The van der Waals surface area contributed by atoms with Gasteiger partial charge in [0, 0.05) is 20.3 Å². The first-order chi connectivity index (χ1) is 10.1. The smallest absolute Gasteiger partial charge is 0.302 e. The van der Waals surface area contributed by atoms with Crippen LogP contribution in [0.1, 0.15) is 20.3 Å². The van der Waals surface area contributed by atoms with Crippen molar-refractivity contribution in [1.29, 1.82) is 0 Å². The van der Waals surface area contributed by atoms with Crippen LogP contribution in [0.2, 0.25) is 0 Å².